The fourth-order valence-electron chi connectivity index (χ4n) is 5.30. The molecule has 188 valence electrons. The van der Waals surface area contributed by atoms with E-state index in [4.69, 9.17) is 0 Å². The summed E-state index contributed by atoms with van der Waals surface area (Å²) in [6.07, 6.45) is 7.01. The highest BCUT2D eigenvalue weighted by atomic mass is 32.2. The van der Waals surface area contributed by atoms with Crippen LogP contribution in [0.2, 0.25) is 0 Å². The highest BCUT2D eigenvalue weighted by molar-refractivity contribution is 7.99. The van der Waals surface area contributed by atoms with Gasteiger partial charge in [-0.15, -0.1) is 0 Å². The van der Waals surface area contributed by atoms with E-state index in [1.807, 2.05) is 25.6 Å². The van der Waals surface area contributed by atoms with E-state index in [1.165, 1.54) is 75.2 Å². The highest BCUT2D eigenvalue weighted by Gasteiger charge is 2.32. The number of aliphatic carboxylic acids is 1. The van der Waals surface area contributed by atoms with Gasteiger partial charge in [-0.3, -0.25) is 4.79 Å². The maximum Gasteiger partial charge on any atom is 0.309 e. The molecule has 3 nitrogen and oxygen atoms in total. The van der Waals surface area contributed by atoms with Gasteiger partial charge in [0.15, 0.2) is 0 Å². The number of rotatable bonds is 8. The number of aromatic nitrogens is 1. The molecule has 1 fully saturated rings. The lowest BCUT2D eigenvalue weighted by molar-refractivity contribution is -0.146. The first-order valence-electron chi connectivity index (χ1n) is 13.2. The summed E-state index contributed by atoms with van der Waals surface area (Å²) in [5.74, 6) is 0.366. The molecule has 1 aromatic heterocycles. The second kappa shape index (κ2) is 10.4. The molecule has 0 unspecified atom stereocenters. The van der Waals surface area contributed by atoms with Gasteiger partial charge in [-0.05, 0) is 87.3 Å². The van der Waals surface area contributed by atoms with Crippen LogP contribution in [0.4, 0.5) is 0 Å². The third-order valence-corrected chi connectivity index (χ3v) is 9.04. The number of nitrogens with zero attached hydrogens (tertiary/aromatic N) is 1. The number of carboxylic acid groups (broad SMARTS) is 1. The van der Waals surface area contributed by atoms with Crippen molar-refractivity contribution in [1.29, 1.82) is 0 Å². The fourth-order valence-corrected chi connectivity index (χ4v) is 6.57. The van der Waals surface area contributed by atoms with Crippen molar-refractivity contribution in [3.8, 4) is 0 Å². The summed E-state index contributed by atoms with van der Waals surface area (Å²) in [6, 6.07) is 13.5. The Kier molecular flexibility index (Phi) is 7.71. The van der Waals surface area contributed by atoms with Crippen molar-refractivity contribution in [3.63, 3.8) is 0 Å². The number of hydrogen-bond donors (Lipinski definition) is 1. The van der Waals surface area contributed by atoms with Crippen molar-refractivity contribution in [1.82, 2.24) is 4.57 Å². The van der Waals surface area contributed by atoms with Crippen molar-refractivity contribution < 1.29 is 9.90 Å². The van der Waals surface area contributed by atoms with Crippen LogP contribution in [0.25, 0.3) is 10.9 Å². The molecule has 0 spiro atoms. The summed E-state index contributed by atoms with van der Waals surface area (Å²) in [5.41, 5.74) is 5.45. The number of fused-ring (bicyclic) bond motifs is 1. The van der Waals surface area contributed by atoms with E-state index in [0.717, 1.165) is 6.54 Å². The second-order valence-electron chi connectivity index (χ2n) is 11.6. The van der Waals surface area contributed by atoms with Crippen LogP contribution in [0.3, 0.4) is 0 Å². The molecule has 1 aliphatic rings. The van der Waals surface area contributed by atoms with Gasteiger partial charge < -0.3 is 9.67 Å². The Hall–Kier alpha value is -2.20. The zero-order valence-electron chi connectivity index (χ0n) is 22.3. The van der Waals surface area contributed by atoms with Crippen LogP contribution in [-0.4, -0.2) is 15.6 Å². The van der Waals surface area contributed by atoms with Gasteiger partial charge in [0.05, 0.1) is 5.41 Å². The van der Waals surface area contributed by atoms with Crippen LogP contribution in [-0.2, 0) is 17.8 Å². The second-order valence-corrected chi connectivity index (χ2v) is 12.6. The van der Waals surface area contributed by atoms with Crippen molar-refractivity contribution in [2.24, 2.45) is 11.3 Å². The van der Waals surface area contributed by atoms with Crippen molar-refractivity contribution in [2.45, 2.75) is 102 Å². The molecule has 0 radical (unpaired) electrons. The van der Waals surface area contributed by atoms with Gasteiger partial charge in [0.1, 0.15) is 0 Å². The third-order valence-electron chi connectivity index (χ3n) is 7.72. The Balaban J connectivity index is 1.94. The Labute approximate surface area is 215 Å². The van der Waals surface area contributed by atoms with Crippen LogP contribution in [0, 0.1) is 25.2 Å². The average molecular weight is 492 g/mol. The first kappa shape index (κ1) is 25.9. The minimum Gasteiger partial charge on any atom is -0.481 e. The molecule has 1 N–H and O–H groups in total. The normalized spacial score (nSPS) is 15.3. The van der Waals surface area contributed by atoms with E-state index in [9.17, 15) is 9.90 Å². The van der Waals surface area contributed by atoms with Crippen LogP contribution in [0.5, 0.6) is 0 Å². The Morgan fingerprint density at radius 2 is 1.80 bits per heavy atom. The standard InChI is InChI=1S/C31H41NO2S/c1-20(2)24-14-15-26-25(17-24)29(35-28-16-21(3)12-13-22(28)4)27(18-31(5,6)30(33)34)32(26)19-23-10-8-7-9-11-23/h12-17,20,23H,7-11,18-19H2,1-6H3,(H,33,34). The van der Waals surface area contributed by atoms with Gasteiger partial charge in [0, 0.05) is 39.4 Å². The summed E-state index contributed by atoms with van der Waals surface area (Å²) < 4.78 is 2.49. The molecule has 0 saturated heterocycles. The van der Waals surface area contributed by atoms with Gasteiger partial charge in [0.2, 0.25) is 0 Å². The summed E-state index contributed by atoms with van der Waals surface area (Å²) in [6.45, 7) is 13.5. The van der Waals surface area contributed by atoms with Crippen LogP contribution >= 0.6 is 11.8 Å². The van der Waals surface area contributed by atoms with E-state index < -0.39 is 11.4 Å². The van der Waals surface area contributed by atoms with E-state index >= 15 is 0 Å². The number of carbonyl (C=O) groups is 1. The summed E-state index contributed by atoms with van der Waals surface area (Å²) in [5, 5.41) is 11.3. The van der Waals surface area contributed by atoms with Crippen molar-refractivity contribution in [3.05, 3.63) is 58.8 Å². The highest BCUT2D eigenvalue weighted by Crippen LogP contribution is 2.44. The van der Waals surface area contributed by atoms with Crippen LogP contribution in [0.15, 0.2) is 46.2 Å². The summed E-state index contributed by atoms with van der Waals surface area (Å²) in [4.78, 5) is 14.7. The topological polar surface area (TPSA) is 42.2 Å². The maximum absolute atomic E-state index is 12.2. The zero-order valence-corrected chi connectivity index (χ0v) is 23.1. The molecule has 0 aliphatic heterocycles. The molecular formula is C31H41NO2S. The minimum absolute atomic E-state index is 0.443. The molecular weight excluding hydrogens is 450 g/mol. The third kappa shape index (κ3) is 5.63. The van der Waals surface area contributed by atoms with Gasteiger partial charge in [0.25, 0.3) is 0 Å². The molecule has 35 heavy (non-hydrogen) atoms. The molecule has 1 saturated carbocycles. The first-order valence-corrected chi connectivity index (χ1v) is 14.0. The number of hydrogen-bond acceptors (Lipinski definition) is 2. The van der Waals surface area contributed by atoms with Gasteiger partial charge in [-0.1, -0.05) is 63.1 Å². The van der Waals surface area contributed by atoms with E-state index in [-0.39, 0.29) is 0 Å². The quantitative estimate of drug-likeness (QED) is 0.342. The molecule has 0 amide bonds. The fraction of sp³-hybridized carbons (Fsp3) is 0.516. The van der Waals surface area contributed by atoms with E-state index in [2.05, 4.69) is 68.7 Å². The number of aryl methyl sites for hydroxylation is 2. The zero-order chi connectivity index (χ0) is 25.3. The lowest BCUT2D eigenvalue weighted by Crippen LogP contribution is -2.28. The molecule has 4 heteroatoms. The van der Waals surface area contributed by atoms with E-state index in [0.29, 0.717) is 18.3 Å². The maximum atomic E-state index is 12.2. The largest absolute Gasteiger partial charge is 0.481 e. The Bertz CT molecular complexity index is 1210. The lowest BCUT2D eigenvalue weighted by atomic mass is 9.87. The molecule has 3 aromatic rings. The van der Waals surface area contributed by atoms with E-state index in [1.54, 1.807) is 0 Å². The van der Waals surface area contributed by atoms with Crippen molar-refractivity contribution >= 4 is 28.6 Å². The van der Waals surface area contributed by atoms with Crippen LogP contribution in [0.1, 0.15) is 88.1 Å². The summed E-state index contributed by atoms with van der Waals surface area (Å²) >= 11 is 1.83. The molecule has 0 atom stereocenters. The van der Waals surface area contributed by atoms with Gasteiger partial charge >= 0.3 is 5.97 Å². The SMILES string of the molecule is Cc1ccc(C)c(Sc2c(CC(C)(C)C(=O)O)n(CC3CCCCC3)c3ccc(C(C)C)cc23)c1. The average Bonchev–Trinajstić information content (AvgIpc) is 3.08. The predicted octanol–water partition coefficient (Wildman–Crippen LogP) is 8.77. The van der Waals surface area contributed by atoms with Gasteiger partial charge in [-0.2, -0.15) is 0 Å². The molecule has 1 aliphatic carbocycles. The van der Waals surface area contributed by atoms with Crippen molar-refractivity contribution in [2.75, 3.05) is 0 Å². The number of carboxylic acids is 1. The van der Waals surface area contributed by atoms with Crippen LogP contribution < -0.4 is 0 Å². The summed E-state index contributed by atoms with van der Waals surface area (Å²) in [7, 11) is 0. The first-order chi connectivity index (χ1) is 16.6. The monoisotopic (exact) mass is 491 g/mol. The smallest absolute Gasteiger partial charge is 0.309 e. The lowest BCUT2D eigenvalue weighted by Gasteiger charge is -2.26. The molecule has 0 bridgehead atoms. The Morgan fingerprint density at radius 3 is 2.46 bits per heavy atom. The Morgan fingerprint density at radius 1 is 1.09 bits per heavy atom. The molecule has 4 rings (SSSR count). The minimum atomic E-state index is -0.837. The molecule has 2 aromatic carbocycles. The number of benzene rings is 2. The molecule has 1 heterocycles. The predicted molar refractivity (Wildman–Crippen MR) is 148 cm³/mol. The van der Waals surface area contributed by atoms with Gasteiger partial charge in [-0.25, -0.2) is 0 Å².